The second-order valence-corrected chi connectivity index (χ2v) is 6.92. The summed E-state index contributed by atoms with van der Waals surface area (Å²) in [6, 6.07) is -5.64. The number of nitrogens with one attached hydrogen (secondary N) is 3. The lowest BCUT2D eigenvalue weighted by Crippen LogP contribution is -2.57. The molecule has 4 unspecified atom stereocenters. The number of amides is 5. The van der Waals surface area contributed by atoms with Crippen LogP contribution in [0.4, 0.5) is 0 Å². The summed E-state index contributed by atoms with van der Waals surface area (Å²) in [5, 5.41) is 24.4. The van der Waals surface area contributed by atoms with Crippen molar-refractivity contribution in [3.63, 3.8) is 0 Å². The second-order valence-electron chi connectivity index (χ2n) is 6.92. The molecule has 15 nitrogen and oxygen atoms in total. The van der Waals surface area contributed by atoms with E-state index in [-0.39, 0.29) is 19.3 Å². The second kappa shape index (κ2) is 13.5. The number of primary amides is 2. The highest BCUT2D eigenvalue weighted by atomic mass is 16.4. The average molecular weight is 460 g/mol. The van der Waals surface area contributed by atoms with Crippen LogP contribution < -0.4 is 33.2 Å². The summed E-state index contributed by atoms with van der Waals surface area (Å²) in [6.45, 7) is 1.32. The number of carbonyl (C=O) groups is 7. The average Bonchev–Trinajstić information content (AvgIpc) is 2.66. The fraction of sp³-hybridized carbons (Fsp3) is 0.588. The van der Waals surface area contributed by atoms with Crippen molar-refractivity contribution in [2.45, 2.75) is 63.2 Å². The minimum atomic E-state index is -1.64. The number of aliphatic carboxylic acids is 2. The summed E-state index contributed by atoms with van der Waals surface area (Å²) >= 11 is 0. The minimum Gasteiger partial charge on any atom is -0.481 e. The largest absolute Gasteiger partial charge is 0.481 e. The van der Waals surface area contributed by atoms with E-state index in [2.05, 4.69) is 16.0 Å². The van der Waals surface area contributed by atoms with Crippen LogP contribution >= 0.6 is 0 Å². The number of rotatable bonds is 15. The van der Waals surface area contributed by atoms with Gasteiger partial charge in [0.1, 0.15) is 18.1 Å². The van der Waals surface area contributed by atoms with Crippen LogP contribution in [0.5, 0.6) is 0 Å². The van der Waals surface area contributed by atoms with Gasteiger partial charge >= 0.3 is 11.9 Å². The summed E-state index contributed by atoms with van der Waals surface area (Å²) in [5.74, 6) is -7.48. The molecule has 4 atom stereocenters. The highest BCUT2D eigenvalue weighted by Gasteiger charge is 2.31. The molecule has 0 aliphatic carbocycles. The van der Waals surface area contributed by atoms with Gasteiger partial charge in [0.05, 0.1) is 12.5 Å². The number of hydrogen-bond acceptors (Lipinski definition) is 8. The fourth-order valence-corrected chi connectivity index (χ4v) is 2.34. The van der Waals surface area contributed by atoms with Crippen molar-refractivity contribution in [3.05, 3.63) is 0 Å². The molecule has 0 radical (unpaired) electrons. The first-order chi connectivity index (χ1) is 14.7. The van der Waals surface area contributed by atoms with Gasteiger partial charge in [-0.2, -0.15) is 0 Å². The summed E-state index contributed by atoms with van der Waals surface area (Å²) < 4.78 is 0. The summed E-state index contributed by atoms with van der Waals surface area (Å²) in [4.78, 5) is 81.2. The van der Waals surface area contributed by atoms with Crippen LogP contribution in [0.1, 0.15) is 39.0 Å². The number of carboxylic acids is 2. The van der Waals surface area contributed by atoms with Gasteiger partial charge in [-0.05, 0) is 19.8 Å². The van der Waals surface area contributed by atoms with Crippen molar-refractivity contribution < 1.29 is 43.8 Å². The Kier molecular flexibility index (Phi) is 11.9. The Hall–Kier alpha value is -3.75. The van der Waals surface area contributed by atoms with Crippen molar-refractivity contribution >= 4 is 41.5 Å². The Morgan fingerprint density at radius 1 is 0.719 bits per heavy atom. The molecule has 180 valence electrons. The van der Waals surface area contributed by atoms with Gasteiger partial charge in [0.25, 0.3) is 0 Å². The van der Waals surface area contributed by atoms with Gasteiger partial charge in [0.2, 0.25) is 29.5 Å². The predicted octanol–water partition coefficient (Wildman–Crippen LogP) is -4.12. The molecule has 0 aromatic heterocycles. The van der Waals surface area contributed by atoms with Crippen LogP contribution in [-0.2, 0) is 33.6 Å². The molecular formula is C17H28N6O9. The van der Waals surface area contributed by atoms with Crippen molar-refractivity contribution in [1.82, 2.24) is 16.0 Å². The van der Waals surface area contributed by atoms with Crippen molar-refractivity contribution in [2.24, 2.45) is 17.2 Å². The standard InChI is InChI=1S/C17H28N6O9/c1-7(18)14(28)21-8(3-5-13(26)27)15(29)23-10(6-12(20)25)16(30)22-9(17(31)32)2-4-11(19)24/h7-10H,2-6,18H2,1H3,(H2,19,24)(H2,20,25)(H,21,28)(H,22,30)(H,23,29)(H,26,27)(H,31,32). The molecule has 15 heteroatoms. The third kappa shape index (κ3) is 11.4. The normalized spacial score (nSPS) is 14.2. The number of nitrogens with two attached hydrogens (primary N) is 3. The van der Waals surface area contributed by atoms with E-state index in [0.717, 1.165) is 0 Å². The lowest BCUT2D eigenvalue weighted by atomic mass is 10.1. The third-order valence-corrected chi connectivity index (χ3v) is 4.03. The fourth-order valence-electron chi connectivity index (χ4n) is 2.34. The van der Waals surface area contributed by atoms with E-state index in [0.29, 0.717) is 0 Å². The van der Waals surface area contributed by atoms with Gasteiger partial charge in [0.15, 0.2) is 0 Å². The monoisotopic (exact) mass is 460 g/mol. The van der Waals surface area contributed by atoms with Crippen molar-refractivity contribution in [2.75, 3.05) is 0 Å². The molecule has 0 aromatic rings. The van der Waals surface area contributed by atoms with Gasteiger partial charge < -0.3 is 43.4 Å². The van der Waals surface area contributed by atoms with Crippen LogP contribution in [0.15, 0.2) is 0 Å². The maximum absolute atomic E-state index is 12.6. The van der Waals surface area contributed by atoms with Gasteiger partial charge in [0, 0.05) is 12.8 Å². The minimum absolute atomic E-state index is 0.348. The molecule has 0 spiro atoms. The summed E-state index contributed by atoms with van der Waals surface area (Å²) in [5.41, 5.74) is 15.5. The molecule has 0 saturated carbocycles. The quantitative estimate of drug-likeness (QED) is 0.117. The first-order valence-corrected chi connectivity index (χ1v) is 9.42. The van der Waals surface area contributed by atoms with Crippen molar-refractivity contribution in [3.8, 4) is 0 Å². The van der Waals surface area contributed by atoms with Gasteiger partial charge in [-0.25, -0.2) is 4.79 Å². The Morgan fingerprint density at radius 2 is 1.19 bits per heavy atom. The Bertz CT molecular complexity index is 755. The molecule has 0 saturated heterocycles. The number of hydrogen-bond donors (Lipinski definition) is 8. The summed E-state index contributed by atoms with van der Waals surface area (Å²) in [6.07, 6.45) is -2.31. The molecule has 0 bridgehead atoms. The van der Waals surface area contributed by atoms with Gasteiger partial charge in [-0.1, -0.05) is 0 Å². The molecule has 0 fully saturated rings. The highest BCUT2D eigenvalue weighted by molar-refractivity contribution is 5.96. The Labute approximate surface area is 182 Å². The zero-order chi connectivity index (χ0) is 25.0. The molecule has 0 rings (SSSR count). The Morgan fingerprint density at radius 3 is 1.62 bits per heavy atom. The lowest BCUT2D eigenvalue weighted by Gasteiger charge is -2.24. The van der Waals surface area contributed by atoms with E-state index >= 15 is 0 Å². The zero-order valence-corrected chi connectivity index (χ0v) is 17.3. The van der Waals surface area contributed by atoms with Crippen LogP contribution in [0, 0.1) is 0 Å². The summed E-state index contributed by atoms with van der Waals surface area (Å²) in [7, 11) is 0. The van der Waals surface area contributed by atoms with Crippen LogP contribution in [0.25, 0.3) is 0 Å². The molecule has 0 aromatic carbocycles. The maximum Gasteiger partial charge on any atom is 0.326 e. The Balaban J connectivity index is 5.49. The molecule has 0 heterocycles. The highest BCUT2D eigenvalue weighted by Crippen LogP contribution is 2.04. The first-order valence-electron chi connectivity index (χ1n) is 9.42. The predicted molar refractivity (Wildman–Crippen MR) is 106 cm³/mol. The van der Waals surface area contributed by atoms with E-state index in [1.165, 1.54) is 6.92 Å². The van der Waals surface area contributed by atoms with E-state index in [1.807, 2.05) is 0 Å². The molecular weight excluding hydrogens is 432 g/mol. The van der Waals surface area contributed by atoms with E-state index < -0.39 is 78.5 Å². The first kappa shape index (κ1) is 28.2. The van der Waals surface area contributed by atoms with E-state index in [4.69, 9.17) is 22.3 Å². The van der Waals surface area contributed by atoms with E-state index in [9.17, 15) is 38.7 Å². The van der Waals surface area contributed by atoms with Crippen LogP contribution in [0.2, 0.25) is 0 Å². The SMILES string of the molecule is CC(N)C(=O)NC(CCC(=O)O)C(=O)NC(CC(N)=O)C(=O)NC(CCC(N)=O)C(=O)O. The lowest BCUT2D eigenvalue weighted by molar-refractivity contribution is -0.142. The molecule has 0 aliphatic heterocycles. The zero-order valence-electron chi connectivity index (χ0n) is 17.3. The molecule has 32 heavy (non-hydrogen) atoms. The van der Waals surface area contributed by atoms with Crippen molar-refractivity contribution in [1.29, 1.82) is 0 Å². The third-order valence-electron chi connectivity index (χ3n) is 4.03. The molecule has 5 amide bonds. The van der Waals surface area contributed by atoms with Crippen LogP contribution in [-0.4, -0.2) is 75.9 Å². The molecule has 0 aliphatic rings. The maximum atomic E-state index is 12.6. The van der Waals surface area contributed by atoms with Crippen LogP contribution in [0.3, 0.4) is 0 Å². The van der Waals surface area contributed by atoms with Gasteiger partial charge in [-0.3, -0.25) is 28.8 Å². The smallest absolute Gasteiger partial charge is 0.326 e. The molecule has 11 N–H and O–H groups in total. The van der Waals surface area contributed by atoms with E-state index in [1.54, 1.807) is 0 Å². The number of carbonyl (C=O) groups excluding carboxylic acids is 5. The topological polar surface area (TPSA) is 274 Å². The number of carboxylic acid groups (broad SMARTS) is 2. The van der Waals surface area contributed by atoms with Gasteiger partial charge in [-0.15, -0.1) is 0 Å².